The third-order valence-corrected chi connectivity index (χ3v) is 4.21. The molecule has 0 saturated heterocycles. The predicted octanol–water partition coefficient (Wildman–Crippen LogP) is 3.38. The van der Waals surface area contributed by atoms with Gasteiger partial charge < -0.3 is 5.32 Å². The van der Waals surface area contributed by atoms with Crippen LogP contribution in [0.15, 0.2) is 18.2 Å². The number of anilines is 2. The third kappa shape index (κ3) is 3.75. The van der Waals surface area contributed by atoms with Crippen LogP contribution in [0.25, 0.3) is 0 Å². The highest BCUT2D eigenvalue weighted by Gasteiger charge is 2.15. The van der Waals surface area contributed by atoms with Gasteiger partial charge in [-0.2, -0.15) is 0 Å². The van der Waals surface area contributed by atoms with Crippen molar-refractivity contribution < 1.29 is 4.79 Å². The zero-order valence-corrected chi connectivity index (χ0v) is 14.2. The van der Waals surface area contributed by atoms with Crippen molar-refractivity contribution >= 4 is 40.5 Å². The molecule has 22 heavy (non-hydrogen) atoms. The average molecular weight is 339 g/mol. The highest BCUT2D eigenvalue weighted by molar-refractivity contribution is 7.15. The fourth-order valence-electron chi connectivity index (χ4n) is 2.35. The first-order chi connectivity index (χ1) is 10.1. The Morgan fingerprint density at radius 2 is 2.23 bits per heavy atom. The third-order valence-electron chi connectivity index (χ3n) is 3.35. The monoisotopic (exact) mass is 338 g/mol. The number of hydrogen-bond donors (Lipinski definition) is 2. The van der Waals surface area contributed by atoms with Crippen LogP contribution in [0.5, 0.6) is 0 Å². The van der Waals surface area contributed by atoms with E-state index in [1.165, 1.54) is 16.9 Å². The zero-order chi connectivity index (χ0) is 14.8. The Kier molecular flexibility index (Phi) is 5.37. The van der Waals surface area contributed by atoms with Crippen LogP contribution in [-0.2, 0) is 12.8 Å². The topological polar surface area (TPSA) is 66.9 Å². The zero-order valence-electron chi connectivity index (χ0n) is 12.5. The van der Waals surface area contributed by atoms with Gasteiger partial charge in [0, 0.05) is 24.2 Å². The number of amides is 1. The summed E-state index contributed by atoms with van der Waals surface area (Å²) in [5.41, 5.74) is 2.99. The maximum Gasteiger partial charge on any atom is 0.257 e. The van der Waals surface area contributed by atoms with E-state index >= 15 is 0 Å². The molecule has 7 heteroatoms. The molecule has 118 valence electrons. The lowest BCUT2D eigenvalue weighted by molar-refractivity contribution is 0.102. The first kappa shape index (κ1) is 16.7. The first-order valence-electron chi connectivity index (χ1n) is 7.12. The summed E-state index contributed by atoms with van der Waals surface area (Å²) in [7, 11) is 0. The Balaban J connectivity index is 0.00000176. The quantitative estimate of drug-likeness (QED) is 0.896. The van der Waals surface area contributed by atoms with Crippen molar-refractivity contribution in [3.8, 4) is 0 Å². The van der Waals surface area contributed by atoms with Gasteiger partial charge in [-0.25, -0.2) is 0 Å². The van der Waals surface area contributed by atoms with Gasteiger partial charge >= 0.3 is 0 Å². The van der Waals surface area contributed by atoms with Gasteiger partial charge in [-0.3, -0.25) is 10.1 Å². The SMILES string of the molecule is CC(C)Cc1nnc(NC(=O)c2ccc3c(c2)CCN3)s1.Cl. The number of nitrogens with zero attached hydrogens (tertiary/aromatic N) is 2. The molecule has 0 fully saturated rings. The van der Waals surface area contributed by atoms with Gasteiger partial charge in [-0.05, 0) is 36.1 Å². The summed E-state index contributed by atoms with van der Waals surface area (Å²) in [4.78, 5) is 12.3. The summed E-state index contributed by atoms with van der Waals surface area (Å²) in [6.45, 7) is 5.21. The second-order valence-electron chi connectivity index (χ2n) is 5.60. The molecular formula is C15H19ClN4OS. The molecule has 0 saturated carbocycles. The minimum absolute atomic E-state index is 0. The largest absolute Gasteiger partial charge is 0.384 e. The lowest BCUT2D eigenvalue weighted by atomic mass is 10.1. The summed E-state index contributed by atoms with van der Waals surface area (Å²) < 4.78 is 0. The van der Waals surface area contributed by atoms with Gasteiger partial charge in [0.05, 0.1) is 0 Å². The maximum atomic E-state index is 12.3. The van der Waals surface area contributed by atoms with E-state index in [9.17, 15) is 4.79 Å². The lowest BCUT2D eigenvalue weighted by Gasteiger charge is -2.04. The minimum atomic E-state index is -0.128. The lowest BCUT2D eigenvalue weighted by Crippen LogP contribution is -2.11. The number of benzene rings is 1. The van der Waals surface area contributed by atoms with Gasteiger partial charge in [0.1, 0.15) is 5.01 Å². The second kappa shape index (κ2) is 7.07. The van der Waals surface area contributed by atoms with Crippen molar-refractivity contribution in [1.29, 1.82) is 0 Å². The highest BCUT2D eigenvalue weighted by atomic mass is 35.5. The first-order valence-corrected chi connectivity index (χ1v) is 7.94. The van der Waals surface area contributed by atoms with Gasteiger partial charge in [-0.1, -0.05) is 25.2 Å². The number of halogens is 1. The van der Waals surface area contributed by atoms with Gasteiger partial charge in [-0.15, -0.1) is 22.6 Å². The molecule has 2 heterocycles. The molecule has 5 nitrogen and oxygen atoms in total. The van der Waals surface area contributed by atoms with E-state index in [0.717, 1.165) is 30.1 Å². The van der Waals surface area contributed by atoms with E-state index in [0.29, 0.717) is 16.6 Å². The number of hydrogen-bond acceptors (Lipinski definition) is 5. The predicted molar refractivity (Wildman–Crippen MR) is 92.3 cm³/mol. The Morgan fingerprint density at radius 3 is 3.00 bits per heavy atom. The number of nitrogens with one attached hydrogen (secondary N) is 2. The maximum absolute atomic E-state index is 12.3. The Labute approximate surface area is 139 Å². The number of aromatic nitrogens is 2. The molecule has 3 rings (SSSR count). The van der Waals surface area contributed by atoms with Crippen LogP contribution >= 0.6 is 23.7 Å². The molecular weight excluding hydrogens is 320 g/mol. The Bertz CT molecular complexity index is 671. The van der Waals surface area contributed by atoms with Crippen LogP contribution in [-0.4, -0.2) is 22.6 Å². The van der Waals surface area contributed by atoms with Crippen LogP contribution in [0.3, 0.4) is 0 Å². The van der Waals surface area contributed by atoms with Crippen LogP contribution in [0.2, 0.25) is 0 Å². The van der Waals surface area contributed by atoms with Crippen LogP contribution in [0.1, 0.15) is 34.8 Å². The number of carbonyl (C=O) groups is 1. The molecule has 1 aromatic heterocycles. The Morgan fingerprint density at radius 1 is 1.41 bits per heavy atom. The van der Waals surface area contributed by atoms with Crippen molar-refractivity contribution in [2.75, 3.05) is 17.2 Å². The molecule has 0 spiro atoms. The van der Waals surface area contributed by atoms with E-state index in [1.54, 1.807) is 0 Å². The number of carbonyl (C=O) groups excluding carboxylic acids is 1. The molecule has 1 aliphatic heterocycles. The van der Waals surface area contributed by atoms with Crippen LogP contribution in [0, 0.1) is 5.92 Å². The van der Waals surface area contributed by atoms with E-state index in [2.05, 4.69) is 34.7 Å². The second-order valence-corrected chi connectivity index (χ2v) is 6.66. The number of rotatable bonds is 4. The van der Waals surface area contributed by atoms with E-state index in [-0.39, 0.29) is 18.3 Å². The van der Waals surface area contributed by atoms with Crippen molar-refractivity contribution in [3.05, 3.63) is 34.3 Å². The molecule has 1 amide bonds. The molecule has 0 radical (unpaired) electrons. The summed E-state index contributed by atoms with van der Waals surface area (Å²) >= 11 is 1.44. The van der Waals surface area contributed by atoms with Crippen LogP contribution < -0.4 is 10.6 Å². The summed E-state index contributed by atoms with van der Waals surface area (Å²) in [6.07, 6.45) is 1.85. The van der Waals surface area contributed by atoms with Gasteiger partial charge in [0.2, 0.25) is 5.13 Å². The summed E-state index contributed by atoms with van der Waals surface area (Å²) in [5, 5.41) is 15.8. The highest BCUT2D eigenvalue weighted by Crippen LogP contribution is 2.24. The van der Waals surface area contributed by atoms with Gasteiger partial charge in [0.25, 0.3) is 5.91 Å². The molecule has 0 unspecified atom stereocenters. The molecule has 1 aliphatic rings. The van der Waals surface area contributed by atoms with E-state index < -0.39 is 0 Å². The Hall–Kier alpha value is -1.66. The van der Waals surface area contributed by atoms with Crippen molar-refractivity contribution in [3.63, 3.8) is 0 Å². The van der Waals surface area contributed by atoms with E-state index in [1.807, 2.05) is 18.2 Å². The summed E-state index contributed by atoms with van der Waals surface area (Å²) in [5.74, 6) is 0.405. The average Bonchev–Trinajstić information content (AvgIpc) is 3.06. The number of fused-ring (bicyclic) bond motifs is 1. The summed E-state index contributed by atoms with van der Waals surface area (Å²) in [6, 6.07) is 5.74. The minimum Gasteiger partial charge on any atom is -0.384 e. The molecule has 0 aliphatic carbocycles. The standard InChI is InChI=1S/C15H18N4OS.ClH/c1-9(2)7-13-18-19-15(21-13)17-14(20)11-3-4-12-10(8-11)5-6-16-12;/h3-4,8-9,16H,5-7H2,1-2H3,(H,17,19,20);1H. The molecule has 2 aromatic rings. The van der Waals surface area contributed by atoms with Crippen molar-refractivity contribution in [2.45, 2.75) is 26.7 Å². The normalized spacial score (nSPS) is 12.5. The molecule has 0 bridgehead atoms. The van der Waals surface area contributed by atoms with Crippen LogP contribution in [0.4, 0.5) is 10.8 Å². The molecule has 1 aromatic carbocycles. The molecule has 2 N–H and O–H groups in total. The van der Waals surface area contributed by atoms with Gasteiger partial charge in [0.15, 0.2) is 0 Å². The fraction of sp³-hybridized carbons (Fsp3) is 0.400. The van der Waals surface area contributed by atoms with Crippen molar-refractivity contribution in [2.24, 2.45) is 5.92 Å². The van der Waals surface area contributed by atoms with Crippen molar-refractivity contribution in [1.82, 2.24) is 10.2 Å². The smallest absolute Gasteiger partial charge is 0.257 e. The fourth-order valence-corrected chi connectivity index (χ4v) is 3.30. The van der Waals surface area contributed by atoms with E-state index in [4.69, 9.17) is 0 Å². The molecule has 0 atom stereocenters.